The third-order valence-corrected chi connectivity index (χ3v) is 4.08. The zero-order chi connectivity index (χ0) is 17.4. The lowest BCUT2D eigenvalue weighted by Crippen LogP contribution is -2.42. The Balaban J connectivity index is 2.64. The highest BCUT2D eigenvalue weighted by Gasteiger charge is 2.20. The normalized spacial score (nSPS) is 13.2. The first-order valence-electron chi connectivity index (χ1n) is 8.14. The zero-order valence-corrected chi connectivity index (χ0v) is 14.4. The maximum absolute atomic E-state index is 12.3. The Morgan fingerprint density at radius 2 is 2.04 bits per heavy atom. The molecule has 0 aliphatic rings. The maximum Gasteiger partial charge on any atom is 0.317 e. The van der Waals surface area contributed by atoms with Crippen molar-refractivity contribution in [2.45, 2.75) is 58.5 Å². The van der Waals surface area contributed by atoms with E-state index < -0.39 is 4.92 Å². The van der Waals surface area contributed by atoms with E-state index in [1.165, 1.54) is 18.6 Å². The summed E-state index contributed by atoms with van der Waals surface area (Å²) in [4.78, 5) is 24.3. The number of rotatable bonds is 8. The predicted molar refractivity (Wildman–Crippen MR) is 91.4 cm³/mol. The molecule has 1 rings (SSSR count). The predicted octanol–water partition coefficient (Wildman–Crippen LogP) is 4.27. The van der Waals surface area contributed by atoms with Gasteiger partial charge >= 0.3 is 6.03 Å². The quantitative estimate of drug-likeness (QED) is 0.441. The number of nitro groups is 1. The van der Waals surface area contributed by atoms with Crippen LogP contribution in [0.15, 0.2) is 24.3 Å². The molecule has 0 heterocycles. The summed E-state index contributed by atoms with van der Waals surface area (Å²) >= 11 is 0. The molecule has 128 valence electrons. The number of unbranched alkanes of at least 4 members (excludes halogenated alkanes) is 2. The van der Waals surface area contributed by atoms with Gasteiger partial charge in [0.05, 0.1) is 11.0 Å². The first-order chi connectivity index (χ1) is 10.9. The monoisotopic (exact) mass is 321 g/mol. The van der Waals surface area contributed by atoms with Gasteiger partial charge in [-0.15, -0.1) is 0 Å². The van der Waals surface area contributed by atoms with Crippen molar-refractivity contribution in [3.8, 4) is 0 Å². The van der Waals surface area contributed by atoms with Crippen LogP contribution in [0.4, 0.5) is 10.5 Å². The minimum absolute atomic E-state index is 0.0380. The SMILES string of the molecule is CCCCCC(C)NC(=O)N(C)C(C)c1cccc([N+](=O)[O-])c1. The van der Waals surface area contributed by atoms with Crippen LogP contribution in [0, 0.1) is 10.1 Å². The summed E-state index contributed by atoms with van der Waals surface area (Å²) in [5.41, 5.74) is 0.784. The van der Waals surface area contributed by atoms with Crippen LogP contribution in [-0.4, -0.2) is 28.9 Å². The minimum atomic E-state index is -0.425. The van der Waals surface area contributed by atoms with Gasteiger partial charge in [-0.25, -0.2) is 4.79 Å². The summed E-state index contributed by atoms with van der Waals surface area (Å²) in [7, 11) is 1.71. The Labute approximate surface area is 138 Å². The number of urea groups is 1. The number of benzene rings is 1. The van der Waals surface area contributed by atoms with Crippen molar-refractivity contribution in [2.24, 2.45) is 0 Å². The molecule has 1 aromatic carbocycles. The number of nitrogens with zero attached hydrogens (tertiary/aromatic N) is 2. The molecular formula is C17H27N3O3. The molecule has 0 spiro atoms. The largest absolute Gasteiger partial charge is 0.336 e. The van der Waals surface area contributed by atoms with E-state index in [1.54, 1.807) is 24.1 Å². The number of nitrogens with one attached hydrogen (secondary N) is 1. The van der Waals surface area contributed by atoms with Crippen LogP contribution in [0.1, 0.15) is 58.1 Å². The van der Waals surface area contributed by atoms with Crippen LogP contribution in [0.5, 0.6) is 0 Å². The van der Waals surface area contributed by atoms with Gasteiger partial charge < -0.3 is 10.2 Å². The van der Waals surface area contributed by atoms with E-state index in [0.29, 0.717) is 0 Å². The van der Waals surface area contributed by atoms with Crippen LogP contribution < -0.4 is 5.32 Å². The lowest BCUT2D eigenvalue weighted by molar-refractivity contribution is -0.384. The average Bonchev–Trinajstić information content (AvgIpc) is 2.53. The van der Waals surface area contributed by atoms with E-state index in [-0.39, 0.29) is 23.8 Å². The van der Waals surface area contributed by atoms with Crippen molar-refractivity contribution in [1.29, 1.82) is 0 Å². The van der Waals surface area contributed by atoms with Crippen LogP contribution in [0.25, 0.3) is 0 Å². The van der Waals surface area contributed by atoms with Gasteiger partial charge in [0.1, 0.15) is 0 Å². The molecule has 2 unspecified atom stereocenters. The van der Waals surface area contributed by atoms with Gasteiger partial charge in [-0.05, 0) is 25.8 Å². The number of non-ortho nitro benzene ring substituents is 1. The number of hydrogen-bond donors (Lipinski definition) is 1. The second-order valence-corrected chi connectivity index (χ2v) is 5.99. The van der Waals surface area contributed by atoms with Crippen LogP contribution in [-0.2, 0) is 0 Å². The Kier molecular flexibility index (Phi) is 7.51. The Morgan fingerprint density at radius 1 is 1.35 bits per heavy atom. The van der Waals surface area contributed by atoms with Gasteiger partial charge in [0, 0.05) is 25.2 Å². The Hall–Kier alpha value is -2.11. The highest BCUT2D eigenvalue weighted by atomic mass is 16.6. The van der Waals surface area contributed by atoms with E-state index in [2.05, 4.69) is 12.2 Å². The van der Waals surface area contributed by atoms with Crippen LogP contribution >= 0.6 is 0 Å². The van der Waals surface area contributed by atoms with Gasteiger partial charge in [0.15, 0.2) is 0 Å². The second kappa shape index (κ2) is 9.12. The molecule has 0 aliphatic heterocycles. The molecule has 0 radical (unpaired) electrons. The fourth-order valence-corrected chi connectivity index (χ4v) is 2.38. The molecule has 0 saturated heterocycles. The van der Waals surface area contributed by atoms with Gasteiger partial charge in [-0.3, -0.25) is 10.1 Å². The number of nitro benzene ring substituents is 1. The molecular weight excluding hydrogens is 294 g/mol. The van der Waals surface area contributed by atoms with Crippen molar-refractivity contribution in [3.63, 3.8) is 0 Å². The molecule has 1 N–H and O–H groups in total. The van der Waals surface area contributed by atoms with E-state index in [9.17, 15) is 14.9 Å². The summed E-state index contributed by atoms with van der Waals surface area (Å²) in [6.07, 6.45) is 4.38. The number of carbonyl (C=O) groups is 1. The molecule has 2 atom stereocenters. The first-order valence-corrected chi connectivity index (χ1v) is 8.14. The van der Waals surface area contributed by atoms with Gasteiger partial charge in [-0.1, -0.05) is 38.3 Å². The van der Waals surface area contributed by atoms with Crippen molar-refractivity contribution in [1.82, 2.24) is 10.2 Å². The van der Waals surface area contributed by atoms with Gasteiger partial charge in [-0.2, -0.15) is 0 Å². The van der Waals surface area contributed by atoms with E-state index in [0.717, 1.165) is 24.8 Å². The Morgan fingerprint density at radius 3 is 2.65 bits per heavy atom. The average molecular weight is 321 g/mol. The zero-order valence-electron chi connectivity index (χ0n) is 14.4. The molecule has 6 heteroatoms. The molecule has 1 aromatic rings. The van der Waals surface area contributed by atoms with Crippen LogP contribution in [0.2, 0.25) is 0 Å². The Bertz CT molecular complexity index is 534. The number of carbonyl (C=O) groups excluding carboxylic acids is 1. The van der Waals surface area contributed by atoms with Crippen molar-refractivity contribution >= 4 is 11.7 Å². The molecule has 0 bridgehead atoms. The summed E-state index contributed by atoms with van der Waals surface area (Å²) < 4.78 is 0. The van der Waals surface area contributed by atoms with Gasteiger partial charge in [0.2, 0.25) is 0 Å². The molecule has 6 nitrogen and oxygen atoms in total. The topological polar surface area (TPSA) is 75.5 Å². The van der Waals surface area contributed by atoms with Crippen molar-refractivity contribution < 1.29 is 9.72 Å². The highest BCUT2D eigenvalue weighted by molar-refractivity contribution is 5.74. The summed E-state index contributed by atoms with van der Waals surface area (Å²) in [6, 6.07) is 6.13. The smallest absolute Gasteiger partial charge is 0.317 e. The number of hydrogen-bond acceptors (Lipinski definition) is 3. The third kappa shape index (κ3) is 5.88. The van der Waals surface area contributed by atoms with Crippen LogP contribution in [0.3, 0.4) is 0 Å². The molecule has 0 fully saturated rings. The standard InChI is InChI=1S/C17H27N3O3/c1-5-6-7-9-13(2)18-17(21)19(4)14(3)15-10-8-11-16(12-15)20(22)23/h8,10-14H,5-7,9H2,1-4H3,(H,18,21). The van der Waals surface area contributed by atoms with E-state index in [4.69, 9.17) is 0 Å². The van der Waals surface area contributed by atoms with E-state index in [1.807, 2.05) is 13.8 Å². The summed E-state index contributed by atoms with van der Waals surface area (Å²) in [6.45, 7) is 6.01. The molecule has 2 amide bonds. The van der Waals surface area contributed by atoms with Gasteiger partial charge in [0.25, 0.3) is 5.69 Å². The second-order valence-electron chi connectivity index (χ2n) is 5.99. The lowest BCUT2D eigenvalue weighted by Gasteiger charge is -2.27. The molecule has 0 saturated carbocycles. The third-order valence-electron chi connectivity index (χ3n) is 4.08. The maximum atomic E-state index is 12.3. The first kappa shape index (κ1) is 18.9. The number of amides is 2. The van der Waals surface area contributed by atoms with Crippen molar-refractivity contribution in [2.75, 3.05) is 7.05 Å². The fraction of sp³-hybridized carbons (Fsp3) is 0.588. The molecule has 0 aromatic heterocycles. The minimum Gasteiger partial charge on any atom is -0.336 e. The van der Waals surface area contributed by atoms with E-state index >= 15 is 0 Å². The summed E-state index contributed by atoms with van der Waals surface area (Å²) in [5.74, 6) is 0. The highest BCUT2D eigenvalue weighted by Crippen LogP contribution is 2.23. The molecule has 0 aliphatic carbocycles. The summed E-state index contributed by atoms with van der Waals surface area (Å²) in [5, 5.41) is 13.8. The lowest BCUT2D eigenvalue weighted by atomic mass is 10.1. The molecule has 23 heavy (non-hydrogen) atoms. The fourth-order valence-electron chi connectivity index (χ4n) is 2.38. The van der Waals surface area contributed by atoms with Crippen molar-refractivity contribution in [3.05, 3.63) is 39.9 Å².